The van der Waals surface area contributed by atoms with Crippen LogP contribution in [-0.4, -0.2) is 34.2 Å². The molecule has 1 aliphatic rings. The minimum absolute atomic E-state index is 0.551. The van der Waals surface area contributed by atoms with Crippen LogP contribution >= 0.6 is 39.1 Å². The van der Waals surface area contributed by atoms with Gasteiger partial charge in [-0.15, -0.1) is 0 Å². The van der Waals surface area contributed by atoms with Crippen molar-refractivity contribution in [3.63, 3.8) is 0 Å². The number of halogens is 3. The van der Waals surface area contributed by atoms with E-state index in [2.05, 4.69) is 36.3 Å². The monoisotopic (exact) mass is 416 g/mol. The summed E-state index contributed by atoms with van der Waals surface area (Å²) in [6.07, 6.45) is 4.08. The van der Waals surface area contributed by atoms with Crippen LogP contribution in [-0.2, 0) is 13.1 Å². The Bertz CT molecular complexity index is 653. The van der Waals surface area contributed by atoms with E-state index in [4.69, 9.17) is 23.2 Å². The lowest BCUT2D eigenvalue weighted by Crippen LogP contribution is -2.41. The smallest absolute Gasteiger partial charge is 0.0633 e. The van der Waals surface area contributed by atoms with E-state index in [0.29, 0.717) is 16.1 Å². The molecular weight excluding hydrogens is 399 g/mol. The van der Waals surface area contributed by atoms with E-state index >= 15 is 0 Å². The number of benzene rings is 1. The summed E-state index contributed by atoms with van der Waals surface area (Å²) in [7, 11) is 0. The van der Waals surface area contributed by atoms with Crippen molar-refractivity contribution >= 4 is 39.1 Å². The molecule has 1 aromatic heterocycles. The predicted octanol–water partition coefficient (Wildman–Crippen LogP) is 4.23. The molecule has 0 saturated carbocycles. The Labute approximate surface area is 154 Å². The first-order chi connectivity index (χ1) is 11.1. The zero-order chi connectivity index (χ0) is 16.2. The number of aromatic nitrogens is 2. The number of nitrogens with one attached hydrogen (secondary N) is 2. The lowest BCUT2D eigenvalue weighted by molar-refractivity contribution is 0.190. The van der Waals surface area contributed by atoms with Gasteiger partial charge in [-0.05, 0) is 59.6 Å². The van der Waals surface area contributed by atoms with Gasteiger partial charge in [0.05, 0.1) is 26.4 Å². The van der Waals surface area contributed by atoms with E-state index in [1.807, 2.05) is 18.2 Å². The molecule has 1 saturated heterocycles. The Kier molecular flexibility index (Phi) is 5.99. The Balaban J connectivity index is 1.45. The molecule has 0 spiro atoms. The maximum absolute atomic E-state index is 6.09. The van der Waals surface area contributed by atoms with Gasteiger partial charge in [0.2, 0.25) is 0 Å². The van der Waals surface area contributed by atoms with Crippen molar-refractivity contribution in [2.45, 2.75) is 32.0 Å². The lowest BCUT2D eigenvalue weighted by Gasteiger charge is -2.32. The number of piperidine rings is 1. The Morgan fingerprint density at radius 3 is 2.70 bits per heavy atom. The summed E-state index contributed by atoms with van der Waals surface area (Å²) in [6.45, 7) is 3.91. The van der Waals surface area contributed by atoms with Gasteiger partial charge in [-0.1, -0.05) is 29.3 Å². The minimum Gasteiger partial charge on any atom is -0.308 e. The highest BCUT2D eigenvalue weighted by atomic mass is 79.9. The van der Waals surface area contributed by atoms with Crippen LogP contribution in [0, 0.1) is 0 Å². The van der Waals surface area contributed by atoms with Crippen LogP contribution in [0.3, 0.4) is 0 Å². The van der Waals surface area contributed by atoms with Crippen LogP contribution in [0.25, 0.3) is 0 Å². The number of likely N-dealkylation sites (tertiary alicyclic amines) is 1. The van der Waals surface area contributed by atoms with Crippen molar-refractivity contribution < 1.29 is 0 Å². The summed E-state index contributed by atoms with van der Waals surface area (Å²) < 4.78 is 1.03. The van der Waals surface area contributed by atoms with Gasteiger partial charge in [-0.2, -0.15) is 5.10 Å². The molecule has 0 atom stereocenters. The van der Waals surface area contributed by atoms with Crippen molar-refractivity contribution in [1.82, 2.24) is 20.4 Å². The zero-order valence-corrected chi connectivity index (χ0v) is 15.8. The average molecular weight is 418 g/mol. The second-order valence-corrected chi connectivity index (χ2v) is 7.55. The Hall–Kier alpha value is -0.590. The maximum Gasteiger partial charge on any atom is 0.0633 e. The van der Waals surface area contributed by atoms with Crippen LogP contribution in [0.2, 0.25) is 10.0 Å². The van der Waals surface area contributed by atoms with Crippen LogP contribution in [0.5, 0.6) is 0 Å². The third kappa shape index (κ3) is 4.70. The third-order valence-corrected chi connectivity index (χ3v) is 5.63. The molecular formula is C16H19BrCl2N4. The summed E-state index contributed by atoms with van der Waals surface area (Å²) >= 11 is 15.5. The zero-order valence-electron chi connectivity index (χ0n) is 12.7. The van der Waals surface area contributed by atoms with Gasteiger partial charge < -0.3 is 5.32 Å². The maximum atomic E-state index is 6.09. The van der Waals surface area contributed by atoms with Crippen molar-refractivity contribution in [2.75, 3.05) is 13.1 Å². The molecule has 2 aromatic rings. The van der Waals surface area contributed by atoms with Crippen LogP contribution in [0.15, 0.2) is 28.9 Å². The highest BCUT2D eigenvalue weighted by Gasteiger charge is 2.19. The fourth-order valence-corrected chi connectivity index (χ4v) is 3.51. The first-order valence-electron chi connectivity index (χ1n) is 7.69. The molecule has 1 aromatic carbocycles. The molecule has 3 rings (SSSR count). The summed E-state index contributed by atoms with van der Waals surface area (Å²) in [6, 6.07) is 6.43. The van der Waals surface area contributed by atoms with Gasteiger partial charge >= 0.3 is 0 Å². The number of rotatable bonds is 5. The largest absolute Gasteiger partial charge is 0.308 e. The first kappa shape index (κ1) is 17.2. The lowest BCUT2D eigenvalue weighted by atomic mass is 10.0. The molecule has 1 fully saturated rings. The Morgan fingerprint density at radius 2 is 2.04 bits per heavy atom. The molecule has 1 aliphatic heterocycles. The molecule has 0 unspecified atom stereocenters. The van der Waals surface area contributed by atoms with Gasteiger partial charge in [-0.3, -0.25) is 10.00 Å². The predicted molar refractivity (Wildman–Crippen MR) is 97.9 cm³/mol. The van der Waals surface area contributed by atoms with Gasteiger partial charge in [0.1, 0.15) is 0 Å². The molecule has 0 radical (unpaired) electrons. The highest BCUT2D eigenvalue weighted by molar-refractivity contribution is 9.10. The minimum atomic E-state index is 0.551. The first-order valence-corrected chi connectivity index (χ1v) is 9.24. The molecule has 23 heavy (non-hydrogen) atoms. The molecule has 0 amide bonds. The van der Waals surface area contributed by atoms with Gasteiger partial charge in [-0.25, -0.2) is 0 Å². The van der Waals surface area contributed by atoms with Crippen molar-refractivity contribution in [1.29, 1.82) is 0 Å². The standard InChI is InChI=1S/C16H19BrCl2N4/c17-13-8-21-22-16(13)9-20-12-3-5-23(6-4-12)10-11-1-2-14(18)15(19)7-11/h1-2,7-8,12,20H,3-6,9-10H2,(H,21,22). The molecule has 2 heterocycles. The van der Waals surface area contributed by atoms with E-state index in [0.717, 1.165) is 49.2 Å². The summed E-state index contributed by atoms with van der Waals surface area (Å²) in [4.78, 5) is 2.46. The third-order valence-electron chi connectivity index (χ3n) is 4.21. The number of H-pyrrole nitrogens is 1. The van der Waals surface area contributed by atoms with Crippen LogP contribution in [0.1, 0.15) is 24.1 Å². The number of nitrogens with zero attached hydrogens (tertiary/aromatic N) is 2. The van der Waals surface area contributed by atoms with Crippen LogP contribution < -0.4 is 5.32 Å². The molecule has 124 valence electrons. The summed E-state index contributed by atoms with van der Waals surface area (Å²) in [5.74, 6) is 0. The van der Waals surface area contributed by atoms with E-state index < -0.39 is 0 Å². The Morgan fingerprint density at radius 1 is 1.26 bits per heavy atom. The average Bonchev–Trinajstić information content (AvgIpc) is 2.95. The van der Waals surface area contributed by atoms with E-state index in [1.165, 1.54) is 5.56 Å². The molecule has 4 nitrogen and oxygen atoms in total. The highest BCUT2D eigenvalue weighted by Crippen LogP contribution is 2.24. The summed E-state index contributed by atoms with van der Waals surface area (Å²) in [5, 5.41) is 11.9. The van der Waals surface area contributed by atoms with Crippen molar-refractivity contribution in [2.24, 2.45) is 0 Å². The molecule has 0 aliphatic carbocycles. The fraction of sp³-hybridized carbons (Fsp3) is 0.438. The number of hydrogen-bond acceptors (Lipinski definition) is 3. The van der Waals surface area contributed by atoms with Gasteiger partial charge in [0, 0.05) is 19.1 Å². The molecule has 7 heteroatoms. The van der Waals surface area contributed by atoms with Crippen molar-refractivity contribution in [3.8, 4) is 0 Å². The normalized spacial score (nSPS) is 16.8. The van der Waals surface area contributed by atoms with E-state index in [9.17, 15) is 0 Å². The van der Waals surface area contributed by atoms with E-state index in [1.54, 1.807) is 6.20 Å². The summed E-state index contributed by atoms with van der Waals surface area (Å²) in [5.41, 5.74) is 2.32. The molecule has 2 N–H and O–H groups in total. The van der Waals surface area contributed by atoms with E-state index in [-0.39, 0.29) is 0 Å². The second-order valence-electron chi connectivity index (χ2n) is 5.88. The fourth-order valence-electron chi connectivity index (χ4n) is 2.86. The van der Waals surface area contributed by atoms with Crippen molar-refractivity contribution in [3.05, 3.63) is 50.2 Å². The van der Waals surface area contributed by atoms with Gasteiger partial charge in [0.15, 0.2) is 0 Å². The SMILES string of the molecule is Clc1ccc(CN2CCC(NCc3[nH]ncc3Br)CC2)cc1Cl. The van der Waals surface area contributed by atoms with Gasteiger partial charge in [0.25, 0.3) is 0 Å². The number of hydrogen-bond donors (Lipinski definition) is 2. The topological polar surface area (TPSA) is 44.0 Å². The van der Waals surface area contributed by atoms with Crippen LogP contribution in [0.4, 0.5) is 0 Å². The second kappa shape index (κ2) is 7.99. The molecule has 0 bridgehead atoms. The quantitative estimate of drug-likeness (QED) is 0.764. The number of aromatic amines is 1.